The second kappa shape index (κ2) is 5.31. The molecular weight excluding hydrogens is 288 g/mol. The fourth-order valence-corrected chi connectivity index (χ4v) is 6.92. The number of aliphatic hydroxyl groups excluding tert-OH is 2. The molecule has 0 bridgehead atoms. The van der Waals surface area contributed by atoms with Crippen LogP contribution in [0.1, 0.15) is 65.7 Å². The number of aliphatic hydroxyl groups is 3. The topological polar surface area (TPSA) is 60.7 Å². The molecule has 3 N–H and O–H groups in total. The Morgan fingerprint density at radius 1 is 1.17 bits per heavy atom. The average molecular weight is 322 g/mol. The van der Waals surface area contributed by atoms with Crippen molar-refractivity contribution in [2.24, 2.45) is 28.1 Å². The van der Waals surface area contributed by atoms with Crippen LogP contribution in [0.15, 0.2) is 12.7 Å². The van der Waals surface area contributed by atoms with Gasteiger partial charge in [-0.05, 0) is 60.2 Å². The van der Waals surface area contributed by atoms with Gasteiger partial charge < -0.3 is 15.3 Å². The van der Waals surface area contributed by atoms with Crippen LogP contribution in [0.2, 0.25) is 0 Å². The largest absolute Gasteiger partial charge is 0.396 e. The minimum Gasteiger partial charge on any atom is -0.396 e. The van der Waals surface area contributed by atoms with Gasteiger partial charge in [0.05, 0.1) is 11.7 Å². The van der Waals surface area contributed by atoms with Gasteiger partial charge in [0, 0.05) is 13.0 Å². The average Bonchev–Trinajstić information content (AvgIpc) is 2.45. The number of fused-ring (bicyclic) bond motifs is 3. The molecule has 0 aromatic rings. The molecule has 0 saturated heterocycles. The van der Waals surface area contributed by atoms with Gasteiger partial charge in [0.2, 0.25) is 0 Å². The molecule has 3 fully saturated rings. The Labute approximate surface area is 140 Å². The van der Waals surface area contributed by atoms with E-state index >= 15 is 0 Å². The summed E-state index contributed by atoms with van der Waals surface area (Å²) in [7, 11) is 0. The highest BCUT2D eigenvalue weighted by molar-refractivity contribution is 5.16. The lowest BCUT2D eigenvalue weighted by atomic mass is 9.41. The Morgan fingerprint density at radius 2 is 1.87 bits per heavy atom. The number of rotatable bonds is 2. The maximum Gasteiger partial charge on any atom is 0.0714 e. The van der Waals surface area contributed by atoms with Gasteiger partial charge in [0.25, 0.3) is 0 Å². The molecule has 3 aliphatic carbocycles. The summed E-state index contributed by atoms with van der Waals surface area (Å²) < 4.78 is 0. The van der Waals surface area contributed by atoms with Crippen LogP contribution in [0.25, 0.3) is 0 Å². The highest BCUT2D eigenvalue weighted by atomic mass is 16.3. The van der Waals surface area contributed by atoms with E-state index in [9.17, 15) is 15.3 Å². The van der Waals surface area contributed by atoms with Crippen LogP contribution < -0.4 is 0 Å². The lowest BCUT2D eigenvalue weighted by molar-refractivity contribution is -0.246. The molecular formula is C20H34O3. The van der Waals surface area contributed by atoms with E-state index in [1.54, 1.807) is 0 Å². The molecule has 0 aromatic carbocycles. The summed E-state index contributed by atoms with van der Waals surface area (Å²) in [6.07, 6.45) is 7.71. The van der Waals surface area contributed by atoms with Crippen LogP contribution in [0.4, 0.5) is 0 Å². The van der Waals surface area contributed by atoms with Crippen molar-refractivity contribution in [3.8, 4) is 0 Å². The van der Waals surface area contributed by atoms with Crippen LogP contribution in [0, 0.1) is 28.1 Å². The second-order valence-electron chi connectivity index (χ2n) is 9.65. The van der Waals surface area contributed by atoms with E-state index in [1.807, 2.05) is 6.08 Å². The summed E-state index contributed by atoms with van der Waals surface area (Å²) in [6.45, 7) is 10.7. The van der Waals surface area contributed by atoms with Crippen molar-refractivity contribution in [2.45, 2.75) is 77.4 Å². The zero-order valence-corrected chi connectivity index (χ0v) is 15.0. The maximum absolute atomic E-state index is 11.5. The first kappa shape index (κ1) is 17.4. The minimum atomic E-state index is -0.806. The van der Waals surface area contributed by atoms with Gasteiger partial charge in [-0.3, -0.25) is 0 Å². The van der Waals surface area contributed by atoms with Gasteiger partial charge in [-0.15, -0.1) is 6.58 Å². The summed E-state index contributed by atoms with van der Waals surface area (Å²) in [6, 6.07) is 0. The molecule has 0 heterocycles. The van der Waals surface area contributed by atoms with Crippen molar-refractivity contribution < 1.29 is 15.3 Å². The molecule has 0 spiro atoms. The van der Waals surface area contributed by atoms with E-state index in [0.717, 1.165) is 32.1 Å². The van der Waals surface area contributed by atoms with Crippen molar-refractivity contribution in [1.82, 2.24) is 0 Å². The first-order valence-corrected chi connectivity index (χ1v) is 9.27. The van der Waals surface area contributed by atoms with E-state index in [1.165, 1.54) is 0 Å². The molecule has 0 aromatic heterocycles. The Hall–Kier alpha value is -0.380. The monoisotopic (exact) mass is 322 g/mol. The van der Waals surface area contributed by atoms with E-state index in [4.69, 9.17) is 0 Å². The molecule has 3 nitrogen and oxygen atoms in total. The predicted molar refractivity (Wildman–Crippen MR) is 91.9 cm³/mol. The van der Waals surface area contributed by atoms with Gasteiger partial charge in [0.1, 0.15) is 0 Å². The Morgan fingerprint density at radius 3 is 2.48 bits per heavy atom. The highest BCUT2D eigenvalue weighted by Crippen LogP contribution is 2.66. The molecule has 0 unspecified atom stereocenters. The lowest BCUT2D eigenvalue weighted by Gasteiger charge is -2.66. The smallest absolute Gasteiger partial charge is 0.0714 e. The zero-order chi connectivity index (χ0) is 17.1. The molecule has 3 aliphatic rings. The van der Waals surface area contributed by atoms with Crippen molar-refractivity contribution >= 4 is 0 Å². The second-order valence-corrected chi connectivity index (χ2v) is 9.65. The number of allylic oxidation sites excluding steroid dienone is 1. The maximum atomic E-state index is 11.5. The molecule has 3 heteroatoms. The summed E-state index contributed by atoms with van der Waals surface area (Å²) in [5.41, 5.74) is -1.17. The van der Waals surface area contributed by atoms with Crippen LogP contribution in [-0.4, -0.2) is 33.6 Å². The molecule has 132 valence electrons. The highest BCUT2D eigenvalue weighted by Gasteiger charge is 2.65. The van der Waals surface area contributed by atoms with Crippen LogP contribution >= 0.6 is 0 Å². The minimum absolute atomic E-state index is 0.0386. The molecule has 0 radical (unpaired) electrons. The molecule has 23 heavy (non-hydrogen) atoms. The third-order valence-corrected chi connectivity index (χ3v) is 7.88. The number of hydrogen-bond donors (Lipinski definition) is 3. The van der Waals surface area contributed by atoms with Crippen LogP contribution in [-0.2, 0) is 0 Å². The first-order valence-electron chi connectivity index (χ1n) is 9.27. The van der Waals surface area contributed by atoms with Crippen molar-refractivity contribution in [3.63, 3.8) is 0 Å². The van der Waals surface area contributed by atoms with Crippen LogP contribution in [0.5, 0.6) is 0 Å². The van der Waals surface area contributed by atoms with Gasteiger partial charge in [-0.1, -0.05) is 33.3 Å². The zero-order valence-electron chi connectivity index (χ0n) is 15.0. The first-order chi connectivity index (χ1) is 10.6. The normalized spacial score (nSPS) is 56.5. The third kappa shape index (κ3) is 2.42. The van der Waals surface area contributed by atoms with E-state index in [2.05, 4.69) is 27.4 Å². The van der Waals surface area contributed by atoms with E-state index in [0.29, 0.717) is 12.8 Å². The van der Waals surface area contributed by atoms with E-state index in [-0.39, 0.29) is 34.7 Å². The van der Waals surface area contributed by atoms with Gasteiger partial charge in [-0.25, -0.2) is 0 Å². The van der Waals surface area contributed by atoms with Crippen molar-refractivity contribution in [1.29, 1.82) is 0 Å². The Balaban J connectivity index is 2.01. The fourth-order valence-electron chi connectivity index (χ4n) is 6.92. The Kier molecular flexibility index (Phi) is 4.02. The summed E-state index contributed by atoms with van der Waals surface area (Å²) >= 11 is 0. The van der Waals surface area contributed by atoms with Crippen molar-refractivity contribution in [3.05, 3.63) is 12.7 Å². The van der Waals surface area contributed by atoms with Gasteiger partial charge in [-0.2, -0.15) is 0 Å². The van der Waals surface area contributed by atoms with Gasteiger partial charge >= 0.3 is 0 Å². The molecule has 3 saturated carbocycles. The molecule has 0 amide bonds. The third-order valence-electron chi connectivity index (χ3n) is 7.88. The summed E-state index contributed by atoms with van der Waals surface area (Å²) in [5.74, 6) is 0.287. The Bertz CT molecular complexity index is 491. The standard InChI is InChI=1S/C20H34O3/c1-5-17(2)10-7-15-19(4)9-6-8-18(3,13-21)16(19)14(22)11-20(15,23)12-17/h5,14-16,21-23H,1,6-13H2,2-4H3/t14-,15+,16-,17-,18-,19+,20-/m0/s1. The SMILES string of the molecule is C=C[C@@]1(C)CC[C@H]2[C@](O)(C[C@H](O)[C@H]3[C@](C)(CO)CCC[C@@]32C)C1. The van der Waals surface area contributed by atoms with Crippen molar-refractivity contribution in [2.75, 3.05) is 6.61 Å². The lowest BCUT2D eigenvalue weighted by Crippen LogP contribution is -2.66. The molecule has 0 aliphatic heterocycles. The fraction of sp³-hybridized carbons (Fsp3) is 0.900. The number of hydrogen-bond acceptors (Lipinski definition) is 3. The van der Waals surface area contributed by atoms with Gasteiger partial charge in [0.15, 0.2) is 0 Å². The predicted octanol–water partition coefficient (Wildman–Crippen LogP) is 3.28. The molecule has 7 atom stereocenters. The van der Waals surface area contributed by atoms with Crippen LogP contribution in [0.3, 0.4) is 0 Å². The molecule has 3 rings (SSSR count). The summed E-state index contributed by atoms with van der Waals surface area (Å²) in [4.78, 5) is 0. The van der Waals surface area contributed by atoms with E-state index < -0.39 is 11.7 Å². The quantitative estimate of drug-likeness (QED) is 0.684. The summed E-state index contributed by atoms with van der Waals surface area (Å²) in [5, 5.41) is 32.5.